The predicted octanol–water partition coefficient (Wildman–Crippen LogP) is 4.49. The molecule has 0 unspecified atom stereocenters. The summed E-state index contributed by atoms with van der Waals surface area (Å²) in [5, 5.41) is 5.86. The molecule has 0 amide bonds. The van der Waals surface area contributed by atoms with E-state index in [9.17, 15) is 4.79 Å². The number of para-hydroxylation sites is 1. The van der Waals surface area contributed by atoms with Gasteiger partial charge in [0.25, 0.3) is 0 Å². The number of hydrogen-bond donors (Lipinski definition) is 1. The third kappa shape index (κ3) is 3.12. The molecule has 26 heavy (non-hydrogen) atoms. The molecule has 4 rings (SSSR count). The fraction of sp³-hybridized carbons (Fsp3) is 0. The number of halogens is 2. The van der Waals surface area contributed by atoms with E-state index >= 15 is 0 Å². The van der Waals surface area contributed by atoms with Crippen LogP contribution in [0, 0.1) is 0 Å². The maximum atomic E-state index is 12.5. The molecule has 2 aromatic carbocycles. The summed E-state index contributed by atoms with van der Waals surface area (Å²) >= 11 is 11.8. The first-order valence-corrected chi connectivity index (χ1v) is 8.30. The smallest absolute Gasteiger partial charge is 0.224 e. The van der Waals surface area contributed by atoms with Gasteiger partial charge >= 0.3 is 0 Å². The van der Waals surface area contributed by atoms with Crippen molar-refractivity contribution in [3.05, 3.63) is 74.8 Å². The fourth-order valence-electron chi connectivity index (χ4n) is 2.50. The Bertz CT molecular complexity index is 1220. The van der Waals surface area contributed by atoms with Crippen molar-refractivity contribution in [2.75, 3.05) is 5.43 Å². The zero-order chi connectivity index (χ0) is 18.1. The molecule has 0 aliphatic carbocycles. The second-order valence-electron chi connectivity index (χ2n) is 5.39. The summed E-state index contributed by atoms with van der Waals surface area (Å²) in [6.07, 6.45) is 2.70. The van der Waals surface area contributed by atoms with Gasteiger partial charge < -0.3 is 4.42 Å². The molecule has 0 radical (unpaired) electrons. The molecule has 6 nitrogen and oxygen atoms in total. The zero-order valence-corrected chi connectivity index (χ0v) is 14.6. The van der Waals surface area contributed by atoms with Crippen LogP contribution in [0.3, 0.4) is 0 Å². The molecule has 0 spiro atoms. The van der Waals surface area contributed by atoms with Crippen LogP contribution < -0.4 is 10.9 Å². The van der Waals surface area contributed by atoms with Crippen molar-refractivity contribution in [1.29, 1.82) is 0 Å². The zero-order valence-electron chi connectivity index (χ0n) is 13.1. The molecular weight excluding hydrogens is 375 g/mol. The highest BCUT2D eigenvalue weighted by Crippen LogP contribution is 2.21. The number of rotatable bonds is 3. The Kier molecular flexibility index (Phi) is 4.28. The van der Waals surface area contributed by atoms with Gasteiger partial charge in [-0.3, -0.25) is 10.2 Å². The van der Waals surface area contributed by atoms with Gasteiger partial charge in [-0.25, -0.2) is 4.98 Å². The van der Waals surface area contributed by atoms with Gasteiger partial charge in [0.15, 0.2) is 5.82 Å². The van der Waals surface area contributed by atoms with Gasteiger partial charge in [-0.2, -0.15) is 10.1 Å². The van der Waals surface area contributed by atoms with Crippen LogP contribution >= 0.6 is 23.2 Å². The van der Waals surface area contributed by atoms with E-state index < -0.39 is 0 Å². The number of aromatic nitrogens is 2. The number of anilines is 1. The molecule has 128 valence electrons. The van der Waals surface area contributed by atoms with Gasteiger partial charge in [0.1, 0.15) is 11.8 Å². The lowest BCUT2D eigenvalue weighted by Crippen LogP contribution is -2.08. The highest BCUT2D eigenvalue weighted by Gasteiger charge is 2.07. The molecule has 0 saturated heterocycles. The van der Waals surface area contributed by atoms with Crippen LogP contribution in [-0.4, -0.2) is 16.2 Å². The van der Waals surface area contributed by atoms with E-state index in [0.29, 0.717) is 27.3 Å². The van der Waals surface area contributed by atoms with E-state index in [1.54, 1.807) is 18.2 Å². The minimum atomic E-state index is -0.209. The first kappa shape index (κ1) is 16.5. The summed E-state index contributed by atoms with van der Waals surface area (Å²) in [6.45, 7) is 0. The molecule has 0 bridgehead atoms. The number of nitrogens with zero attached hydrogens (tertiary/aromatic N) is 3. The van der Waals surface area contributed by atoms with Crippen LogP contribution in [0.15, 0.2) is 63.0 Å². The molecule has 0 fully saturated rings. The molecule has 4 aromatic rings. The lowest BCUT2D eigenvalue weighted by Gasteiger charge is -2.04. The standard InChI is InChI=1S/C18H10Cl2N4O2/c19-11-5-6-13-15(7-11)26-9-10(16(13)25)8-21-24-17-12-3-1-2-4-14(12)22-18(20)23-17/h1-9H,(H,22,23,24)/b21-8-. The van der Waals surface area contributed by atoms with Crippen molar-refractivity contribution in [3.8, 4) is 0 Å². The third-order valence-electron chi connectivity index (χ3n) is 3.71. The van der Waals surface area contributed by atoms with Crippen LogP contribution in [0.4, 0.5) is 5.82 Å². The summed E-state index contributed by atoms with van der Waals surface area (Å²) in [7, 11) is 0. The van der Waals surface area contributed by atoms with Gasteiger partial charge in [-0.1, -0.05) is 23.7 Å². The van der Waals surface area contributed by atoms with Gasteiger partial charge in [0.2, 0.25) is 10.7 Å². The quantitative estimate of drug-likeness (QED) is 0.319. The van der Waals surface area contributed by atoms with Gasteiger partial charge in [0.05, 0.1) is 22.7 Å². The highest BCUT2D eigenvalue weighted by molar-refractivity contribution is 6.31. The highest BCUT2D eigenvalue weighted by atomic mass is 35.5. The SMILES string of the molecule is O=c1c(/C=N\Nc2nc(Cl)nc3ccccc23)coc2cc(Cl)ccc12. The molecular formula is C18H10Cl2N4O2. The largest absolute Gasteiger partial charge is 0.463 e. The Morgan fingerprint density at radius 3 is 2.81 bits per heavy atom. The molecule has 0 aliphatic heterocycles. The minimum absolute atomic E-state index is 0.100. The predicted molar refractivity (Wildman–Crippen MR) is 103 cm³/mol. The molecule has 8 heteroatoms. The van der Waals surface area contributed by atoms with Gasteiger partial charge in [-0.05, 0) is 35.9 Å². The number of benzene rings is 2. The monoisotopic (exact) mass is 384 g/mol. The van der Waals surface area contributed by atoms with Gasteiger partial charge in [-0.15, -0.1) is 0 Å². The van der Waals surface area contributed by atoms with Crippen LogP contribution in [0.5, 0.6) is 0 Å². The first-order valence-electron chi connectivity index (χ1n) is 7.54. The van der Waals surface area contributed by atoms with Crippen LogP contribution in [0.2, 0.25) is 10.3 Å². The lowest BCUT2D eigenvalue weighted by atomic mass is 10.2. The summed E-state index contributed by atoms with van der Waals surface area (Å²) in [5.74, 6) is 0.439. The van der Waals surface area contributed by atoms with Crippen molar-refractivity contribution in [2.45, 2.75) is 0 Å². The summed E-state index contributed by atoms with van der Waals surface area (Å²) in [4.78, 5) is 20.8. The maximum absolute atomic E-state index is 12.5. The van der Waals surface area contributed by atoms with Gasteiger partial charge in [0, 0.05) is 16.5 Å². The first-order chi connectivity index (χ1) is 12.6. The topological polar surface area (TPSA) is 80.4 Å². The average molecular weight is 385 g/mol. The Morgan fingerprint density at radius 2 is 1.92 bits per heavy atom. The second-order valence-corrected chi connectivity index (χ2v) is 6.16. The molecule has 2 aromatic heterocycles. The van der Waals surface area contributed by atoms with Crippen LogP contribution in [0.1, 0.15) is 5.56 Å². The Morgan fingerprint density at radius 1 is 1.08 bits per heavy atom. The van der Waals surface area contributed by atoms with Crippen molar-refractivity contribution in [2.24, 2.45) is 5.10 Å². The van der Waals surface area contributed by atoms with E-state index in [-0.39, 0.29) is 16.3 Å². The van der Waals surface area contributed by atoms with Crippen LogP contribution in [-0.2, 0) is 0 Å². The van der Waals surface area contributed by atoms with E-state index in [1.807, 2.05) is 24.3 Å². The fourth-order valence-corrected chi connectivity index (χ4v) is 2.84. The summed E-state index contributed by atoms with van der Waals surface area (Å²) in [6, 6.07) is 12.2. The summed E-state index contributed by atoms with van der Waals surface area (Å²) in [5.41, 5.74) is 3.98. The number of hydrogen-bond acceptors (Lipinski definition) is 6. The number of fused-ring (bicyclic) bond motifs is 2. The second kappa shape index (κ2) is 6.74. The number of nitrogens with one attached hydrogen (secondary N) is 1. The Hall–Kier alpha value is -2.96. The number of hydrazone groups is 1. The lowest BCUT2D eigenvalue weighted by molar-refractivity contribution is 0.601. The summed E-state index contributed by atoms with van der Waals surface area (Å²) < 4.78 is 5.45. The molecule has 0 atom stereocenters. The van der Waals surface area contributed by atoms with E-state index in [0.717, 1.165) is 5.39 Å². The normalized spacial score (nSPS) is 11.5. The van der Waals surface area contributed by atoms with Crippen molar-refractivity contribution in [3.63, 3.8) is 0 Å². The molecule has 1 N–H and O–H groups in total. The van der Waals surface area contributed by atoms with Crippen molar-refractivity contribution >= 4 is 57.1 Å². The molecule has 0 saturated carbocycles. The Labute approximate surface area is 157 Å². The van der Waals surface area contributed by atoms with E-state index in [2.05, 4.69) is 20.5 Å². The molecule has 2 heterocycles. The van der Waals surface area contributed by atoms with Crippen molar-refractivity contribution in [1.82, 2.24) is 9.97 Å². The van der Waals surface area contributed by atoms with Crippen molar-refractivity contribution < 1.29 is 4.42 Å². The van der Waals surface area contributed by atoms with E-state index in [4.69, 9.17) is 27.6 Å². The maximum Gasteiger partial charge on any atom is 0.224 e. The average Bonchev–Trinajstić information content (AvgIpc) is 2.63. The third-order valence-corrected chi connectivity index (χ3v) is 4.12. The van der Waals surface area contributed by atoms with Crippen LogP contribution in [0.25, 0.3) is 21.9 Å². The van der Waals surface area contributed by atoms with E-state index in [1.165, 1.54) is 12.5 Å². The molecule has 0 aliphatic rings. The Balaban J connectivity index is 1.68. The minimum Gasteiger partial charge on any atom is -0.463 e.